The van der Waals surface area contributed by atoms with Crippen molar-refractivity contribution in [2.24, 2.45) is 0 Å². The van der Waals surface area contributed by atoms with Crippen LogP contribution in [0.3, 0.4) is 0 Å². The molecular weight excluding hydrogens is 301 g/mol. The second-order valence-electron chi connectivity index (χ2n) is 4.76. The minimum atomic E-state index is -4.54. The average molecular weight is 316 g/mol. The number of alkyl halides is 3. The summed E-state index contributed by atoms with van der Waals surface area (Å²) >= 11 is 1.66. The molecule has 0 aliphatic carbocycles. The summed E-state index contributed by atoms with van der Waals surface area (Å²) in [6.45, 7) is 3.88. The number of nitrogens with zero attached hydrogens (tertiary/aromatic N) is 2. The van der Waals surface area contributed by atoms with Gasteiger partial charge in [0.15, 0.2) is 5.69 Å². The highest BCUT2D eigenvalue weighted by molar-refractivity contribution is 7.11. The molecule has 0 aromatic carbocycles. The van der Waals surface area contributed by atoms with Gasteiger partial charge in [-0.25, -0.2) is 4.98 Å². The third-order valence-corrected chi connectivity index (χ3v) is 3.75. The van der Waals surface area contributed by atoms with E-state index in [4.69, 9.17) is 5.73 Å². The zero-order chi connectivity index (χ0) is 15.6. The van der Waals surface area contributed by atoms with Crippen molar-refractivity contribution in [3.63, 3.8) is 0 Å². The van der Waals surface area contributed by atoms with E-state index in [1.54, 1.807) is 11.3 Å². The summed E-state index contributed by atoms with van der Waals surface area (Å²) in [5, 5.41) is 2.93. The molecule has 0 bridgehead atoms. The molecule has 0 spiro atoms. The van der Waals surface area contributed by atoms with Crippen LogP contribution in [-0.2, 0) is 12.6 Å². The van der Waals surface area contributed by atoms with Crippen molar-refractivity contribution in [2.45, 2.75) is 32.5 Å². The van der Waals surface area contributed by atoms with Gasteiger partial charge in [-0.3, -0.25) is 0 Å². The van der Waals surface area contributed by atoms with Gasteiger partial charge in [-0.1, -0.05) is 0 Å². The molecular formula is C13H15F3N4S. The third-order valence-electron chi connectivity index (χ3n) is 2.73. The van der Waals surface area contributed by atoms with Gasteiger partial charge >= 0.3 is 6.18 Å². The fourth-order valence-corrected chi connectivity index (χ4v) is 2.90. The van der Waals surface area contributed by atoms with Gasteiger partial charge in [0.2, 0.25) is 5.95 Å². The predicted octanol–water partition coefficient (Wildman–Crippen LogP) is 3.49. The van der Waals surface area contributed by atoms with Crippen molar-refractivity contribution in [3.8, 4) is 0 Å². The van der Waals surface area contributed by atoms with E-state index in [1.165, 1.54) is 4.88 Å². The van der Waals surface area contributed by atoms with Crippen LogP contribution in [-0.4, -0.2) is 16.0 Å². The van der Waals surface area contributed by atoms with Gasteiger partial charge in [-0.2, -0.15) is 18.2 Å². The van der Waals surface area contributed by atoms with E-state index in [9.17, 15) is 13.2 Å². The Bertz CT molecular complexity index is 624. The van der Waals surface area contributed by atoms with E-state index in [0.717, 1.165) is 10.9 Å². The molecule has 2 heterocycles. The summed E-state index contributed by atoms with van der Waals surface area (Å²) in [4.78, 5) is 9.35. The number of thiophene rings is 1. The van der Waals surface area contributed by atoms with E-state index >= 15 is 0 Å². The predicted molar refractivity (Wildman–Crippen MR) is 77.3 cm³/mol. The van der Waals surface area contributed by atoms with Crippen molar-refractivity contribution in [1.82, 2.24) is 9.97 Å². The van der Waals surface area contributed by atoms with Crippen molar-refractivity contribution < 1.29 is 13.2 Å². The Morgan fingerprint density at radius 2 is 2.05 bits per heavy atom. The normalized spacial score (nSPS) is 13.2. The minimum Gasteiger partial charge on any atom is -0.368 e. The van der Waals surface area contributed by atoms with Crippen LogP contribution in [0.5, 0.6) is 0 Å². The van der Waals surface area contributed by atoms with E-state index in [-0.39, 0.29) is 11.9 Å². The second kappa shape index (κ2) is 5.88. The molecule has 1 unspecified atom stereocenters. The Labute approximate surface area is 124 Å². The SMILES string of the molecule is Cc1ccc(CC(C)Nc2cc(C(F)(F)F)nc(N)n2)s1. The lowest BCUT2D eigenvalue weighted by atomic mass is 10.2. The number of nitrogen functional groups attached to an aromatic ring is 1. The van der Waals surface area contributed by atoms with Crippen LogP contribution in [0.25, 0.3) is 0 Å². The number of halogens is 3. The topological polar surface area (TPSA) is 63.8 Å². The average Bonchev–Trinajstić information content (AvgIpc) is 2.72. The lowest BCUT2D eigenvalue weighted by Gasteiger charge is -2.15. The first kappa shape index (κ1) is 15.6. The highest BCUT2D eigenvalue weighted by Crippen LogP contribution is 2.29. The number of anilines is 2. The zero-order valence-electron chi connectivity index (χ0n) is 11.5. The molecule has 2 aromatic heterocycles. The molecule has 2 aromatic rings. The summed E-state index contributed by atoms with van der Waals surface area (Å²) in [6.07, 6.45) is -3.84. The lowest BCUT2D eigenvalue weighted by molar-refractivity contribution is -0.141. The quantitative estimate of drug-likeness (QED) is 0.906. The van der Waals surface area contributed by atoms with Crippen LogP contribution < -0.4 is 11.1 Å². The second-order valence-corrected chi connectivity index (χ2v) is 6.13. The van der Waals surface area contributed by atoms with Gasteiger partial charge in [0, 0.05) is 28.3 Å². The van der Waals surface area contributed by atoms with Crippen LogP contribution in [0.4, 0.5) is 24.9 Å². The molecule has 3 N–H and O–H groups in total. The summed E-state index contributed by atoms with van der Waals surface area (Å²) in [5.74, 6) is -0.318. The van der Waals surface area contributed by atoms with E-state index in [0.29, 0.717) is 6.42 Å². The molecule has 4 nitrogen and oxygen atoms in total. The molecule has 2 rings (SSSR count). The summed E-state index contributed by atoms with van der Waals surface area (Å²) in [6, 6.07) is 4.82. The molecule has 0 fully saturated rings. The standard InChI is InChI=1S/C13H15F3N4S/c1-7(5-9-4-3-8(2)21-9)18-11-6-10(13(14,15)16)19-12(17)20-11/h3-4,6-7H,5H2,1-2H3,(H3,17,18,19,20). The van der Waals surface area contributed by atoms with Gasteiger partial charge < -0.3 is 11.1 Å². The van der Waals surface area contributed by atoms with Crippen LogP contribution >= 0.6 is 11.3 Å². The zero-order valence-corrected chi connectivity index (χ0v) is 12.3. The summed E-state index contributed by atoms with van der Waals surface area (Å²) < 4.78 is 38.0. The maximum absolute atomic E-state index is 12.7. The van der Waals surface area contributed by atoms with Gasteiger partial charge in [-0.15, -0.1) is 11.3 Å². The Morgan fingerprint density at radius 1 is 1.33 bits per heavy atom. The molecule has 0 aliphatic rings. The number of hydrogen-bond donors (Lipinski definition) is 2. The molecule has 0 aliphatic heterocycles. The lowest BCUT2D eigenvalue weighted by Crippen LogP contribution is -2.20. The summed E-state index contributed by atoms with van der Waals surface area (Å²) in [5.41, 5.74) is 4.28. The Hall–Kier alpha value is -1.83. The molecule has 0 radical (unpaired) electrons. The van der Waals surface area contributed by atoms with Crippen LogP contribution in [0.1, 0.15) is 22.4 Å². The monoisotopic (exact) mass is 316 g/mol. The fourth-order valence-electron chi connectivity index (χ4n) is 1.89. The highest BCUT2D eigenvalue weighted by atomic mass is 32.1. The molecule has 114 valence electrons. The first-order chi connectivity index (χ1) is 9.74. The number of rotatable bonds is 4. The maximum atomic E-state index is 12.7. The van der Waals surface area contributed by atoms with E-state index in [1.807, 2.05) is 26.0 Å². The molecule has 0 saturated heterocycles. The largest absolute Gasteiger partial charge is 0.433 e. The Morgan fingerprint density at radius 3 is 2.62 bits per heavy atom. The number of nitrogens with one attached hydrogen (secondary N) is 1. The number of nitrogens with two attached hydrogens (primary N) is 1. The fraction of sp³-hybridized carbons (Fsp3) is 0.385. The molecule has 21 heavy (non-hydrogen) atoms. The third kappa shape index (κ3) is 4.32. The van der Waals surface area contributed by atoms with Crippen molar-refractivity contribution in [3.05, 3.63) is 33.6 Å². The molecule has 0 saturated carbocycles. The Kier molecular flexibility index (Phi) is 4.36. The summed E-state index contributed by atoms with van der Waals surface area (Å²) in [7, 11) is 0. The van der Waals surface area contributed by atoms with E-state index < -0.39 is 17.8 Å². The molecule has 1 atom stereocenters. The van der Waals surface area contributed by atoms with Crippen molar-refractivity contribution in [1.29, 1.82) is 0 Å². The first-order valence-corrected chi connectivity index (χ1v) is 7.09. The highest BCUT2D eigenvalue weighted by Gasteiger charge is 2.33. The Balaban J connectivity index is 2.10. The van der Waals surface area contributed by atoms with E-state index in [2.05, 4.69) is 15.3 Å². The van der Waals surface area contributed by atoms with Crippen LogP contribution in [0.2, 0.25) is 0 Å². The van der Waals surface area contributed by atoms with Crippen LogP contribution in [0, 0.1) is 6.92 Å². The van der Waals surface area contributed by atoms with Gasteiger partial charge in [0.05, 0.1) is 0 Å². The number of hydrogen-bond acceptors (Lipinski definition) is 5. The molecule has 0 amide bonds. The first-order valence-electron chi connectivity index (χ1n) is 6.27. The van der Waals surface area contributed by atoms with Crippen LogP contribution in [0.15, 0.2) is 18.2 Å². The number of aromatic nitrogens is 2. The van der Waals surface area contributed by atoms with Gasteiger partial charge in [0.1, 0.15) is 5.82 Å². The smallest absolute Gasteiger partial charge is 0.368 e. The number of aryl methyl sites for hydroxylation is 1. The minimum absolute atomic E-state index is 0.0709. The van der Waals surface area contributed by atoms with Crippen molar-refractivity contribution >= 4 is 23.1 Å². The van der Waals surface area contributed by atoms with Gasteiger partial charge in [-0.05, 0) is 26.0 Å². The molecule has 8 heteroatoms. The maximum Gasteiger partial charge on any atom is 0.433 e. The van der Waals surface area contributed by atoms with Crippen molar-refractivity contribution in [2.75, 3.05) is 11.1 Å². The van der Waals surface area contributed by atoms with Gasteiger partial charge in [0.25, 0.3) is 0 Å².